The maximum Gasteiger partial charge on any atom is 0.244 e. The quantitative estimate of drug-likeness (QED) is 0.796. The summed E-state index contributed by atoms with van der Waals surface area (Å²) in [7, 11) is -0.756. The Kier molecular flexibility index (Phi) is 6.23. The fourth-order valence-electron chi connectivity index (χ4n) is 2.41. The van der Waals surface area contributed by atoms with Crippen LogP contribution in [0.4, 0.5) is 0 Å². The van der Waals surface area contributed by atoms with Gasteiger partial charge in [0.15, 0.2) is 0 Å². The molecule has 0 radical (unpaired) electrons. The summed E-state index contributed by atoms with van der Waals surface area (Å²) in [6, 6.07) is 14.5. The van der Waals surface area contributed by atoms with Gasteiger partial charge in [-0.1, -0.05) is 30.3 Å². The molecule has 6 heteroatoms. The van der Waals surface area contributed by atoms with Gasteiger partial charge in [0, 0.05) is 12.1 Å². The third kappa shape index (κ3) is 4.72. The van der Waals surface area contributed by atoms with Crippen LogP contribution in [-0.4, -0.2) is 28.7 Å². The largest absolute Gasteiger partial charge is 0.497 e. The first-order valence-electron chi connectivity index (χ1n) is 7.74. The van der Waals surface area contributed by atoms with Gasteiger partial charge >= 0.3 is 0 Å². The maximum absolute atomic E-state index is 12.7. The molecular weight excluding hydrogens is 326 g/mol. The highest BCUT2D eigenvalue weighted by Gasteiger charge is 2.22. The van der Waals surface area contributed by atoms with Gasteiger partial charge in [-0.3, -0.25) is 0 Å². The predicted molar refractivity (Wildman–Crippen MR) is 94.1 cm³/mol. The van der Waals surface area contributed by atoms with E-state index in [4.69, 9.17) is 9.47 Å². The van der Waals surface area contributed by atoms with Gasteiger partial charge in [0.1, 0.15) is 16.4 Å². The molecule has 2 rings (SSSR count). The van der Waals surface area contributed by atoms with E-state index in [1.165, 1.54) is 25.8 Å². The van der Waals surface area contributed by atoms with E-state index in [1.54, 1.807) is 12.1 Å². The minimum atomic E-state index is -3.69. The lowest BCUT2D eigenvalue weighted by molar-refractivity contribution is 0.391. The minimum absolute atomic E-state index is 0.0795. The number of hydrogen-bond acceptors (Lipinski definition) is 4. The summed E-state index contributed by atoms with van der Waals surface area (Å²) in [5.74, 6) is 0.756. The lowest BCUT2D eigenvalue weighted by Gasteiger charge is -2.16. The Morgan fingerprint density at radius 3 is 2.38 bits per heavy atom. The van der Waals surface area contributed by atoms with Crippen LogP contribution in [0.3, 0.4) is 0 Å². The Balaban J connectivity index is 2.10. The molecule has 0 bridgehead atoms. The highest BCUT2D eigenvalue weighted by molar-refractivity contribution is 7.89. The van der Waals surface area contributed by atoms with Crippen molar-refractivity contribution in [2.75, 3.05) is 14.2 Å². The van der Waals surface area contributed by atoms with Crippen molar-refractivity contribution in [1.82, 2.24) is 4.72 Å². The lowest BCUT2D eigenvalue weighted by Crippen LogP contribution is -2.33. The fraction of sp³-hybridized carbons (Fsp3) is 0.333. The Morgan fingerprint density at radius 1 is 1.04 bits per heavy atom. The summed E-state index contributed by atoms with van der Waals surface area (Å²) in [6.45, 7) is 1.85. The first-order valence-corrected chi connectivity index (χ1v) is 9.23. The Labute approximate surface area is 143 Å². The molecule has 0 aromatic heterocycles. The van der Waals surface area contributed by atoms with Crippen molar-refractivity contribution in [3.8, 4) is 11.5 Å². The number of methoxy groups -OCH3 is 2. The highest BCUT2D eigenvalue weighted by atomic mass is 32.2. The van der Waals surface area contributed by atoms with Crippen molar-refractivity contribution in [2.24, 2.45) is 0 Å². The molecule has 2 aromatic carbocycles. The summed E-state index contributed by atoms with van der Waals surface area (Å²) in [5.41, 5.74) is 1.18. The van der Waals surface area contributed by atoms with E-state index in [2.05, 4.69) is 4.72 Å². The summed E-state index contributed by atoms with van der Waals surface area (Å²) in [6.07, 6.45) is 1.51. The number of sulfonamides is 1. The van der Waals surface area contributed by atoms with Crippen molar-refractivity contribution in [3.05, 3.63) is 54.1 Å². The maximum atomic E-state index is 12.7. The predicted octanol–water partition coefficient (Wildman–Crippen LogP) is 3.00. The molecule has 0 aliphatic carbocycles. The van der Waals surface area contributed by atoms with Crippen molar-refractivity contribution in [2.45, 2.75) is 30.7 Å². The van der Waals surface area contributed by atoms with E-state index in [1.807, 2.05) is 37.3 Å². The number of nitrogens with one attached hydrogen (secondary N) is 1. The van der Waals surface area contributed by atoms with E-state index in [9.17, 15) is 8.42 Å². The third-order valence-corrected chi connectivity index (χ3v) is 5.34. The molecule has 1 N–H and O–H groups in total. The van der Waals surface area contributed by atoms with E-state index in [0.717, 1.165) is 6.42 Å². The van der Waals surface area contributed by atoms with Gasteiger partial charge in [-0.15, -0.1) is 0 Å². The molecule has 0 amide bonds. The van der Waals surface area contributed by atoms with Gasteiger partial charge in [-0.2, -0.15) is 0 Å². The Morgan fingerprint density at radius 2 is 1.75 bits per heavy atom. The van der Waals surface area contributed by atoms with Crippen molar-refractivity contribution >= 4 is 10.0 Å². The van der Waals surface area contributed by atoms with Crippen LogP contribution in [0.15, 0.2) is 53.4 Å². The Hall–Kier alpha value is -2.05. The monoisotopic (exact) mass is 349 g/mol. The Bertz CT molecular complexity index is 760. The van der Waals surface area contributed by atoms with E-state index in [-0.39, 0.29) is 10.9 Å². The smallest absolute Gasteiger partial charge is 0.244 e. The van der Waals surface area contributed by atoms with E-state index >= 15 is 0 Å². The molecule has 0 unspecified atom stereocenters. The second-order valence-electron chi connectivity index (χ2n) is 5.56. The fourth-order valence-corrected chi connectivity index (χ4v) is 3.87. The second kappa shape index (κ2) is 8.17. The van der Waals surface area contributed by atoms with E-state index in [0.29, 0.717) is 17.9 Å². The molecular formula is C18H23NO4S. The third-order valence-electron chi connectivity index (χ3n) is 3.73. The zero-order valence-electron chi connectivity index (χ0n) is 14.2. The molecule has 1 atom stereocenters. The summed E-state index contributed by atoms with van der Waals surface area (Å²) in [5, 5.41) is 0. The lowest BCUT2D eigenvalue weighted by atomic mass is 10.1. The van der Waals surface area contributed by atoms with Gasteiger partial charge in [-0.25, -0.2) is 13.1 Å². The number of benzene rings is 2. The molecule has 0 spiro atoms. The van der Waals surface area contributed by atoms with Gasteiger partial charge in [0.25, 0.3) is 0 Å². The SMILES string of the molecule is COc1ccc(OC)c(S(=O)(=O)N[C@H](C)CCc2ccccc2)c1. The van der Waals surface area contributed by atoms with Crippen molar-refractivity contribution in [1.29, 1.82) is 0 Å². The van der Waals surface area contributed by atoms with Crippen LogP contribution < -0.4 is 14.2 Å². The van der Waals surface area contributed by atoms with Gasteiger partial charge in [0.2, 0.25) is 10.0 Å². The normalized spacial score (nSPS) is 12.6. The van der Waals surface area contributed by atoms with Crippen LogP contribution in [0.1, 0.15) is 18.9 Å². The van der Waals surface area contributed by atoms with Gasteiger partial charge in [-0.05, 0) is 37.5 Å². The zero-order chi connectivity index (χ0) is 17.6. The number of rotatable bonds is 8. The molecule has 2 aromatic rings. The van der Waals surface area contributed by atoms with Gasteiger partial charge < -0.3 is 9.47 Å². The van der Waals surface area contributed by atoms with Gasteiger partial charge in [0.05, 0.1) is 14.2 Å². The molecule has 0 heterocycles. The van der Waals surface area contributed by atoms with Crippen LogP contribution in [0.2, 0.25) is 0 Å². The number of ether oxygens (including phenoxy) is 2. The summed E-state index contributed by atoms with van der Waals surface area (Å²) in [4.78, 5) is 0.0795. The molecule has 5 nitrogen and oxygen atoms in total. The molecule has 0 aliphatic heterocycles. The standard InChI is InChI=1S/C18H23NO4S/c1-14(9-10-15-7-5-4-6-8-15)19-24(20,21)18-13-16(22-2)11-12-17(18)23-3/h4-8,11-14,19H,9-10H2,1-3H3/t14-/m1/s1. The molecule has 0 aliphatic rings. The highest BCUT2D eigenvalue weighted by Crippen LogP contribution is 2.28. The topological polar surface area (TPSA) is 64.6 Å². The minimum Gasteiger partial charge on any atom is -0.497 e. The van der Waals surface area contributed by atoms with Crippen LogP contribution in [0.25, 0.3) is 0 Å². The average Bonchev–Trinajstić information content (AvgIpc) is 2.60. The molecule has 130 valence electrons. The van der Waals surface area contributed by atoms with Crippen LogP contribution in [0.5, 0.6) is 11.5 Å². The molecule has 24 heavy (non-hydrogen) atoms. The molecule has 0 fully saturated rings. The number of aryl methyl sites for hydroxylation is 1. The van der Waals surface area contributed by atoms with Crippen LogP contribution in [-0.2, 0) is 16.4 Å². The van der Waals surface area contributed by atoms with Crippen molar-refractivity contribution in [3.63, 3.8) is 0 Å². The molecule has 0 saturated heterocycles. The first-order chi connectivity index (χ1) is 11.5. The number of hydrogen-bond donors (Lipinski definition) is 1. The zero-order valence-corrected chi connectivity index (χ0v) is 15.0. The van der Waals surface area contributed by atoms with Crippen molar-refractivity contribution < 1.29 is 17.9 Å². The summed E-state index contributed by atoms with van der Waals surface area (Å²) < 4.78 is 38.3. The second-order valence-corrected chi connectivity index (χ2v) is 7.25. The van der Waals surface area contributed by atoms with Crippen LogP contribution in [0, 0.1) is 0 Å². The van der Waals surface area contributed by atoms with E-state index < -0.39 is 10.0 Å². The molecule has 0 saturated carbocycles. The average molecular weight is 349 g/mol. The van der Waals surface area contributed by atoms with Crippen LogP contribution >= 0.6 is 0 Å². The summed E-state index contributed by atoms with van der Waals surface area (Å²) >= 11 is 0. The first kappa shape index (κ1) is 18.3.